The lowest BCUT2D eigenvalue weighted by molar-refractivity contribution is 0.186. The van der Waals surface area contributed by atoms with E-state index in [1.54, 1.807) is 4.57 Å². The van der Waals surface area contributed by atoms with Gasteiger partial charge in [-0.1, -0.05) is 6.92 Å². The second-order valence-electron chi connectivity index (χ2n) is 4.61. The molecule has 2 rings (SSSR count). The van der Waals surface area contributed by atoms with Crippen LogP contribution in [0.5, 0.6) is 0 Å². The van der Waals surface area contributed by atoms with E-state index in [1.807, 2.05) is 18.3 Å². The molecule has 17 heavy (non-hydrogen) atoms. The zero-order valence-electron chi connectivity index (χ0n) is 10.5. The van der Waals surface area contributed by atoms with Crippen molar-refractivity contribution >= 4 is 5.69 Å². The molecule has 0 aliphatic carbocycles. The number of anilines is 1. The van der Waals surface area contributed by atoms with Gasteiger partial charge in [-0.3, -0.25) is 4.79 Å². The van der Waals surface area contributed by atoms with Crippen LogP contribution in [0.4, 0.5) is 5.69 Å². The van der Waals surface area contributed by atoms with E-state index in [2.05, 4.69) is 19.2 Å². The Morgan fingerprint density at radius 3 is 3.12 bits per heavy atom. The molecule has 94 valence electrons. The van der Waals surface area contributed by atoms with E-state index in [4.69, 9.17) is 4.74 Å². The number of nitrogens with one attached hydrogen (secondary N) is 1. The molecule has 2 heterocycles. The summed E-state index contributed by atoms with van der Waals surface area (Å²) in [5.74, 6) is 0. The maximum atomic E-state index is 12.3. The summed E-state index contributed by atoms with van der Waals surface area (Å²) in [6.07, 6.45) is 3.77. The Balaban J connectivity index is 2.23. The number of pyridine rings is 1. The number of ether oxygens (including phenoxy) is 1. The molecule has 1 aliphatic rings. The summed E-state index contributed by atoms with van der Waals surface area (Å²) in [6.45, 7) is 5.58. The lowest BCUT2D eigenvalue weighted by Gasteiger charge is -2.16. The molecule has 4 nitrogen and oxygen atoms in total. The number of aromatic nitrogens is 1. The summed E-state index contributed by atoms with van der Waals surface area (Å²) in [4.78, 5) is 12.3. The zero-order chi connectivity index (χ0) is 12.3. The summed E-state index contributed by atoms with van der Waals surface area (Å²) >= 11 is 0. The van der Waals surface area contributed by atoms with Gasteiger partial charge in [-0.25, -0.2) is 0 Å². The molecular formula is C13H20N2O2. The van der Waals surface area contributed by atoms with Crippen LogP contribution in [0.3, 0.4) is 0 Å². The van der Waals surface area contributed by atoms with Gasteiger partial charge in [-0.2, -0.15) is 0 Å². The highest BCUT2D eigenvalue weighted by molar-refractivity contribution is 5.41. The highest BCUT2D eigenvalue weighted by Crippen LogP contribution is 2.17. The van der Waals surface area contributed by atoms with E-state index >= 15 is 0 Å². The van der Waals surface area contributed by atoms with Gasteiger partial charge < -0.3 is 14.6 Å². The molecule has 0 spiro atoms. The van der Waals surface area contributed by atoms with Crippen LogP contribution in [0.2, 0.25) is 0 Å². The fourth-order valence-electron chi connectivity index (χ4n) is 2.02. The third kappa shape index (κ3) is 2.69. The van der Waals surface area contributed by atoms with Crippen LogP contribution >= 0.6 is 0 Å². The molecule has 1 N–H and O–H groups in total. The topological polar surface area (TPSA) is 43.3 Å². The van der Waals surface area contributed by atoms with E-state index in [-0.39, 0.29) is 11.6 Å². The van der Waals surface area contributed by atoms with Gasteiger partial charge in [-0.15, -0.1) is 0 Å². The van der Waals surface area contributed by atoms with Crippen molar-refractivity contribution in [2.75, 3.05) is 18.5 Å². The highest BCUT2D eigenvalue weighted by atomic mass is 16.5. The second-order valence-corrected chi connectivity index (χ2v) is 4.61. The van der Waals surface area contributed by atoms with Gasteiger partial charge in [0.05, 0.1) is 12.6 Å². The van der Waals surface area contributed by atoms with Gasteiger partial charge in [0.25, 0.3) is 5.56 Å². The van der Waals surface area contributed by atoms with Crippen molar-refractivity contribution in [1.82, 2.24) is 4.57 Å². The number of hydrogen-bond acceptors (Lipinski definition) is 3. The largest absolute Gasteiger partial charge is 0.379 e. The average molecular weight is 236 g/mol. The molecule has 2 atom stereocenters. The van der Waals surface area contributed by atoms with Gasteiger partial charge in [-0.05, 0) is 31.9 Å². The molecule has 1 fully saturated rings. The SMILES string of the molecule is CCC(C)Nc1cccn([C@@H]2CCOC2)c1=O. The molecule has 0 saturated carbocycles. The summed E-state index contributed by atoms with van der Waals surface area (Å²) in [5, 5.41) is 3.25. The highest BCUT2D eigenvalue weighted by Gasteiger charge is 2.19. The summed E-state index contributed by atoms with van der Waals surface area (Å²) < 4.78 is 7.12. The molecule has 1 aromatic rings. The third-order valence-corrected chi connectivity index (χ3v) is 3.29. The smallest absolute Gasteiger partial charge is 0.274 e. The number of rotatable bonds is 4. The van der Waals surface area contributed by atoms with E-state index in [0.29, 0.717) is 18.3 Å². The van der Waals surface area contributed by atoms with Gasteiger partial charge in [0.1, 0.15) is 5.69 Å². The first-order chi connectivity index (χ1) is 8.22. The molecule has 4 heteroatoms. The Bertz CT molecular complexity index is 422. The van der Waals surface area contributed by atoms with Crippen LogP contribution in [0.15, 0.2) is 23.1 Å². The van der Waals surface area contributed by atoms with Gasteiger partial charge >= 0.3 is 0 Å². The fourth-order valence-corrected chi connectivity index (χ4v) is 2.02. The number of nitrogens with zero attached hydrogens (tertiary/aromatic N) is 1. The van der Waals surface area contributed by atoms with Crippen molar-refractivity contribution in [3.8, 4) is 0 Å². The molecule has 0 aromatic carbocycles. The van der Waals surface area contributed by atoms with Crippen molar-refractivity contribution < 1.29 is 4.74 Å². The summed E-state index contributed by atoms with van der Waals surface area (Å²) in [7, 11) is 0. The normalized spacial score (nSPS) is 21.4. The van der Waals surface area contributed by atoms with Crippen LogP contribution < -0.4 is 10.9 Å². The Morgan fingerprint density at radius 2 is 2.47 bits per heavy atom. The van der Waals surface area contributed by atoms with Crippen LogP contribution in [-0.2, 0) is 4.74 Å². The lowest BCUT2D eigenvalue weighted by Crippen LogP contribution is -2.29. The molecule has 1 saturated heterocycles. The van der Waals surface area contributed by atoms with E-state index in [1.165, 1.54) is 0 Å². The minimum absolute atomic E-state index is 0.0586. The van der Waals surface area contributed by atoms with E-state index in [9.17, 15) is 4.79 Å². The first-order valence-electron chi connectivity index (χ1n) is 6.27. The van der Waals surface area contributed by atoms with Gasteiger partial charge in [0, 0.05) is 18.8 Å². The maximum absolute atomic E-state index is 12.3. The molecular weight excluding hydrogens is 216 g/mol. The van der Waals surface area contributed by atoms with Crippen LogP contribution in [0.25, 0.3) is 0 Å². The molecule has 1 aliphatic heterocycles. The maximum Gasteiger partial charge on any atom is 0.274 e. The minimum Gasteiger partial charge on any atom is -0.379 e. The predicted molar refractivity (Wildman–Crippen MR) is 68.6 cm³/mol. The molecule has 1 unspecified atom stereocenters. The van der Waals surface area contributed by atoms with Gasteiger partial charge in [0.2, 0.25) is 0 Å². The minimum atomic E-state index is 0.0586. The first kappa shape index (κ1) is 12.2. The average Bonchev–Trinajstić information content (AvgIpc) is 2.85. The van der Waals surface area contributed by atoms with Crippen LogP contribution in [0.1, 0.15) is 32.7 Å². The first-order valence-corrected chi connectivity index (χ1v) is 6.27. The Kier molecular flexibility index (Phi) is 3.84. The summed E-state index contributed by atoms with van der Waals surface area (Å²) in [6, 6.07) is 4.28. The third-order valence-electron chi connectivity index (χ3n) is 3.29. The van der Waals surface area contributed by atoms with Crippen molar-refractivity contribution in [2.24, 2.45) is 0 Å². The van der Waals surface area contributed by atoms with Crippen LogP contribution in [-0.4, -0.2) is 23.8 Å². The zero-order valence-corrected chi connectivity index (χ0v) is 10.5. The van der Waals surface area contributed by atoms with E-state index < -0.39 is 0 Å². The Labute approximate surface area is 102 Å². The lowest BCUT2D eigenvalue weighted by atomic mass is 10.2. The number of hydrogen-bond donors (Lipinski definition) is 1. The molecule has 0 bridgehead atoms. The van der Waals surface area contributed by atoms with Crippen molar-refractivity contribution in [1.29, 1.82) is 0 Å². The second kappa shape index (κ2) is 5.36. The standard InChI is InChI=1S/C13H20N2O2/c1-3-10(2)14-12-5-4-7-15(13(12)16)11-6-8-17-9-11/h4-5,7,10-11,14H,3,6,8-9H2,1-2H3/t10?,11-/m1/s1. The fraction of sp³-hybridized carbons (Fsp3) is 0.615. The Morgan fingerprint density at radius 1 is 1.65 bits per heavy atom. The monoisotopic (exact) mass is 236 g/mol. The quantitative estimate of drug-likeness (QED) is 0.869. The van der Waals surface area contributed by atoms with Crippen molar-refractivity contribution in [2.45, 2.75) is 38.8 Å². The predicted octanol–water partition coefficient (Wildman–Crippen LogP) is 2.02. The summed E-state index contributed by atoms with van der Waals surface area (Å²) in [5.41, 5.74) is 0.747. The Hall–Kier alpha value is -1.29. The molecule has 0 radical (unpaired) electrons. The molecule has 0 amide bonds. The molecule has 1 aromatic heterocycles. The van der Waals surface area contributed by atoms with Gasteiger partial charge in [0.15, 0.2) is 0 Å². The van der Waals surface area contributed by atoms with Crippen molar-refractivity contribution in [3.05, 3.63) is 28.7 Å². The van der Waals surface area contributed by atoms with E-state index in [0.717, 1.165) is 19.4 Å². The van der Waals surface area contributed by atoms with Crippen LogP contribution in [0, 0.1) is 0 Å². The van der Waals surface area contributed by atoms with Crippen molar-refractivity contribution in [3.63, 3.8) is 0 Å².